The monoisotopic (exact) mass is 492 g/mol. The van der Waals surface area contributed by atoms with Gasteiger partial charge in [0.05, 0.1) is 12.3 Å². The Morgan fingerprint density at radius 1 is 1.19 bits per heavy atom. The fourth-order valence-corrected chi connectivity index (χ4v) is 5.17. The van der Waals surface area contributed by atoms with E-state index in [1.54, 1.807) is 12.2 Å². The van der Waals surface area contributed by atoms with Crippen molar-refractivity contribution in [2.45, 2.75) is 77.8 Å². The number of hydrogen-bond donors (Lipinski definition) is 1. The molecule has 0 spiro atoms. The summed E-state index contributed by atoms with van der Waals surface area (Å²) in [5.74, 6) is 1.87. The number of hydrogen-bond acceptors (Lipinski definition) is 5. The van der Waals surface area contributed by atoms with Crippen molar-refractivity contribution < 1.29 is 23.8 Å². The molecule has 0 radical (unpaired) electrons. The molecule has 36 heavy (non-hydrogen) atoms. The Morgan fingerprint density at radius 3 is 2.75 bits per heavy atom. The number of carboxylic acid groups (broad SMARTS) is 1. The van der Waals surface area contributed by atoms with E-state index >= 15 is 0 Å². The molecular weight excluding hydrogens is 456 g/mol. The summed E-state index contributed by atoms with van der Waals surface area (Å²) in [5, 5.41) is 9.68. The SMILES string of the molecule is C/C=C/C=C/C(=O)N1Cc2cc(OCCc3nc(CCC4CCCC4)oc3C)ccc2C[C@H]1C(=O)O. The number of aryl methyl sites for hydroxylation is 2. The van der Waals surface area contributed by atoms with Crippen LogP contribution < -0.4 is 4.74 Å². The number of aromatic nitrogens is 1. The molecule has 192 valence electrons. The van der Waals surface area contributed by atoms with Crippen molar-refractivity contribution in [3.8, 4) is 5.75 Å². The van der Waals surface area contributed by atoms with Crippen LogP contribution in [0.1, 0.15) is 67.5 Å². The van der Waals surface area contributed by atoms with Crippen LogP contribution in [0.4, 0.5) is 0 Å². The van der Waals surface area contributed by atoms with Gasteiger partial charge in [0.15, 0.2) is 5.89 Å². The number of amides is 1. The second kappa shape index (κ2) is 12.1. The zero-order chi connectivity index (χ0) is 25.5. The highest BCUT2D eigenvalue weighted by molar-refractivity contribution is 5.92. The molecule has 1 aliphatic carbocycles. The van der Waals surface area contributed by atoms with Gasteiger partial charge in [-0.15, -0.1) is 0 Å². The molecule has 1 fully saturated rings. The topological polar surface area (TPSA) is 92.9 Å². The molecule has 7 nitrogen and oxygen atoms in total. The Balaban J connectivity index is 1.35. The second-order valence-electron chi connectivity index (χ2n) is 9.74. The average molecular weight is 493 g/mol. The maximum atomic E-state index is 12.7. The number of oxazole rings is 1. The first-order chi connectivity index (χ1) is 17.4. The summed E-state index contributed by atoms with van der Waals surface area (Å²) in [6.07, 6.45) is 14.9. The third kappa shape index (κ3) is 6.45. The van der Waals surface area contributed by atoms with Gasteiger partial charge in [0.2, 0.25) is 5.91 Å². The Kier molecular flexibility index (Phi) is 8.62. The predicted octanol–water partition coefficient (Wildman–Crippen LogP) is 5.20. The number of carboxylic acids is 1. The summed E-state index contributed by atoms with van der Waals surface area (Å²) < 4.78 is 11.9. The fraction of sp³-hybridized carbons (Fsp3) is 0.483. The molecule has 4 rings (SSSR count). The molecule has 0 unspecified atom stereocenters. The van der Waals surface area contributed by atoms with E-state index in [1.165, 1.54) is 36.7 Å². The number of aliphatic carboxylic acids is 1. The van der Waals surface area contributed by atoms with E-state index in [2.05, 4.69) is 0 Å². The van der Waals surface area contributed by atoms with Crippen LogP contribution in [0.2, 0.25) is 0 Å². The molecule has 1 aromatic heterocycles. The maximum Gasteiger partial charge on any atom is 0.326 e. The lowest BCUT2D eigenvalue weighted by atomic mass is 9.93. The Morgan fingerprint density at radius 2 is 2.00 bits per heavy atom. The lowest BCUT2D eigenvalue weighted by Crippen LogP contribution is -2.48. The van der Waals surface area contributed by atoms with Gasteiger partial charge < -0.3 is 19.2 Å². The quantitative estimate of drug-likeness (QED) is 0.362. The number of rotatable bonds is 10. The number of benzene rings is 1. The molecule has 2 heterocycles. The van der Waals surface area contributed by atoms with Crippen molar-refractivity contribution >= 4 is 11.9 Å². The van der Waals surface area contributed by atoms with E-state index in [4.69, 9.17) is 14.1 Å². The summed E-state index contributed by atoms with van der Waals surface area (Å²) in [6.45, 7) is 4.50. The van der Waals surface area contributed by atoms with Crippen molar-refractivity contribution in [2.75, 3.05) is 6.61 Å². The average Bonchev–Trinajstić information content (AvgIpc) is 3.51. The Labute approximate surface area is 212 Å². The molecule has 1 aliphatic heterocycles. The summed E-state index contributed by atoms with van der Waals surface area (Å²) in [5.41, 5.74) is 2.77. The smallest absolute Gasteiger partial charge is 0.326 e. The largest absolute Gasteiger partial charge is 0.493 e. The Bertz CT molecular complexity index is 1130. The number of fused-ring (bicyclic) bond motifs is 1. The molecule has 1 N–H and O–H groups in total. The van der Waals surface area contributed by atoms with Gasteiger partial charge >= 0.3 is 5.97 Å². The number of allylic oxidation sites excluding steroid dienone is 3. The summed E-state index contributed by atoms with van der Waals surface area (Å²) in [7, 11) is 0. The van der Waals surface area contributed by atoms with Gasteiger partial charge in [0, 0.05) is 31.9 Å². The maximum absolute atomic E-state index is 12.7. The van der Waals surface area contributed by atoms with E-state index in [9.17, 15) is 14.7 Å². The molecule has 1 amide bonds. The van der Waals surface area contributed by atoms with Gasteiger partial charge in [-0.1, -0.05) is 50.0 Å². The van der Waals surface area contributed by atoms with Crippen LogP contribution in [0.3, 0.4) is 0 Å². The van der Waals surface area contributed by atoms with Crippen LogP contribution >= 0.6 is 0 Å². The summed E-state index contributed by atoms with van der Waals surface area (Å²) in [4.78, 5) is 30.6. The third-order valence-corrected chi connectivity index (χ3v) is 7.20. The van der Waals surface area contributed by atoms with Crippen molar-refractivity contribution in [3.05, 3.63) is 71.0 Å². The van der Waals surface area contributed by atoms with Crippen molar-refractivity contribution in [3.63, 3.8) is 0 Å². The molecule has 0 bridgehead atoms. The van der Waals surface area contributed by atoms with Gasteiger partial charge in [0.1, 0.15) is 17.6 Å². The Hall–Kier alpha value is -3.35. The molecule has 7 heteroatoms. The van der Waals surface area contributed by atoms with E-state index in [-0.39, 0.29) is 18.9 Å². The number of nitrogens with zero attached hydrogens (tertiary/aromatic N) is 2. The van der Waals surface area contributed by atoms with Gasteiger partial charge in [-0.25, -0.2) is 9.78 Å². The highest BCUT2D eigenvalue weighted by Gasteiger charge is 2.33. The van der Waals surface area contributed by atoms with Gasteiger partial charge in [0.25, 0.3) is 0 Å². The zero-order valence-electron chi connectivity index (χ0n) is 21.2. The molecule has 2 aliphatic rings. The molecule has 1 aromatic carbocycles. The van der Waals surface area contributed by atoms with Crippen LogP contribution in [0.15, 0.2) is 46.9 Å². The highest BCUT2D eigenvalue weighted by Crippen LogP contribution is 2.29. The van der Waals surface area contributed by atoms with Crippen LogP contribution in [-0.2, 0) is 35.4 Å². The number of carbonyl (C=O) groups excluding carboxylic acids is 1. The minimum atomic E-state index is -1.00. The molecular formula is C29H36N2O5. The molecule has 1 atom stereocenters. The molecule has 2 aromatic rings. The lowest BCUT2D eigenvalue weighted by Gasteiger charge is -2.34. The molecule has 1 saturated carbocycles. The normalized spacial score (nSPS) is 18.3. The van der Waals surface area contributed by atoms with Crippen molar-refractivity contribution in [1.29, 1.82) is 0 Å². The number of carbonyl (C=O) groups is 2. The van der Waals surface area contributed by atoms with E-state index in [1.807, 2.05) is 38.1 Å². The third-order valence-electron chi connectivity index (χ3n) is 7.20. The first-order valence-electron chi connectivity index (χ1n) is 13.0. The highest BCUT2D eigenvalue weighted by atomic mass is 16.5. The van der Waals surface area contributed by atoms with Crippen LogP contribution in [0, 0.1) is 12.8 Å². The predicted molar refractivity (Wildman–Crippen MR) is 137 cm³/mol. The van der Waals surface area contributed by atoms with Crippen LogP contribution in [-0.4, -0.2) is 39.5 Å². The first kappa shape index (κ1) is 25.7. The summed E-state index contributed by atoms with van der Waals surface area (Å²) in [6, 6.07) is 4.79. The van der Waals surface area contributed by atoms with E-state index in [0.29, 0.717) is 18.8 Å². The van der Waals surface area contributed by atoms with Crippen molar-refractivity contribution in [1.82, 2.24) is 9.88 Å². The molecule has 0 saturated heterocycles. The van der Waals surface area contributed by atoms with Crippen LogP contribution in [0.25, 0.3) is 0 Å². The van der Waals surface area contributed by atoms with Crippen molar-refractivity contribution in [2.24, 2.45) is 5.92 Å². The van der Waals surface area contributed by atoms with E-state index in [0.717, 1.165) is 47.2 Å². The first-order valence-corrected chi connectivity index (χ1v) is 13.0. The van der Waals surface area contributed by atoms with Crippen LogP contribution in [0.5, 0.6) is 5.75 Å². The standard InChI is InChI=1S/C29H36N2O5/c1-3-4-5-10-28(32)31-19-23-17-24(13-12-22(23)18-26(31)29(33)34)35-16-15-25-20(2)36-27(30-25)14-11-21-8-6-7-9-21/h3-5,10,12-13,17,21,26H,6-9,11,14-16,18-19H2,1-2H3,(H,33,34)/b4-3+,10-5+/t26-/m0/s1. The van der Waals surface area contributed by atoms with Gasteiger partial charge in [-0.3, -0.25) is 4.79 Å². The van der Waals surface area contributed by atoms with E-state index < -0.39 is 12.0 Å². The fourth-order valence-electron chi connectivity index (χ4n) is 5.17. The number of ether oxygens (including phenoxy) is 1. The lowest BCUT2D eigenvalue weighted by molar-refractivity contribution is -0.149. The van der Waals surface area contributed by atoms with Gasteiger partial charge in [-0.05, 0) is 49.4 Å². The minimum Gasteiger partial charge on any atom is -0.493 e. The van der Waals surface area contributed by atoms with Gasteiger partial charge in [-0.2, -0.15) is 0 Å². The minimum absolute atomic E-state index is 0.231. The zero-order valence-corrected chi connectivity index (χ0v) is 21.2. The summed E-state index contributed by atoms with van der Waals surface area (Å²) >= 11 is 0. The second-order valence-corrected chi connectivity index (χ2v) is 9.74.